The first kappa shape index (κ1) is 18.4. The summed E-state index contributed by atoms with van der Waals surface area (Å²) in [6, 6.07) is 6.67. The van der Waals surface area contributed by atoms with E-state index in [1.54, 1.807) is 36.6 Å². The maximum atomic E-state index is 12.6. The van der Waals surface area contributed by atoms with Gasteiger partial charge in [0, 0.05) is 0 Å². The number of phenolic OH excluding ortho intramolecular Hbond substituents is 1. The van der Waals surface area contributed by atoms with Gasteiger partial charge in [0.05, 0.1) is 38.5 Å². The van der Waals surface area contributed by atoms with Gasteiger partial charge in [-0.05, 0) is 48.4 Å². The highest BCUT2D eigenvalue weighted by molar-refractivity contribution is 6.11. The molecule has 3 aromatic rings. The minimum atomic E-state index is -0.330. The number of aromatic hydroxyl groups is 1. The van der Waals surface area contributed by atoms with Crippen molar-refractivity contribution in [2.45, 2.75) is 6.92 Å². The molecule has 0 atom stereocenters. The highest BCUT2D eigenvalue weighted by Crippen LogP contribution is 2.38. The van der Waals surface area contributed by atoms with Crippen LogP contribution in [0.5, 0.6) is 23.0 Å². The molecular formula is C21H20O6. The topological polar surface area (TPSA) is 78.1 Å². The fourth-order valence-electron chi connectivity index (χ4n) is 2.92. The van der Waals surface area contributed by atoms with Gasteiger partial charge in [0.1, 0.15) is 11.3 Å². The Morgan fingerprint density at radius 1 is 1.07 bits per heavy atom. The summed E-state index contributed by atoms with van der Waals surface area (Å²) in [6.07, 6.45) is 4.56. The molecular weight excluding hydrogens is 348 g/mol. The summed E-state index contributed by atoms with van der Waals surface area (Å²) in [7, 11) is 4.57. The van der Waals surface area contributed by atoms with Crippen LogP contribution in [0, 0.1) is 6.92 Å². The lowest BCUT2D eigenvalue weighted by atomic mass is 10.0. The average molecular weight is 368 g/mol. The van der Waals surface area contributed by atoms with Gasteiger partial charge in [0.25, 0.3) is 0 Å². The van der Waals surface area contributed by atoms with Crippen molar-refractivity contribution >= 4 is 22.8 Å². The number of phenols is 1. The zero-order valence-electron chi connectivity index (χ0n) is 15.5. The molecule has 0 fully saturated rings. The number of hydrogen-bond donors (Lipinski definition) is 1. The van der Waals surface area contributed by atoms with Gasteiger partial charge in [-0.15, -0.1) is 0 Å². The van der Waals surface area contributed by atoms with E-state index in [2.05, 4.69) is 0 Å². The molecule has 0 aliphatic rings. The summed E-state index contributed by atoms with van der Waals surface area (Å²) in [5.41, 5.74) is 2.20. The van der Waals surface area contributed by atoms with Gasteiger partial charge in [-0.3, -0.25) is 4.79 Å². The molecule has 140 valence electrons. The first-order chi connectivity index (χ1) is 13.0. The van der Waals surface area contributed by atoms with Crippen LogP contribution in [-0.2, 0) is 0 Å². The summed E-state index contributed by atoms with van der Waals surface area (Å²) >= 11 is 0. The molecule has 0 unspecified atom stereocenters. The van der Waals surface area contributed by atoms with Crippen LogP contribution in [0.1, 0.15) is 21.5 Å². The first-order valence-electron chi connectivity index (χ1n) is 8.22. The van der Waals surface area contributed by atoms with E-state index in [-0.39, 0.29) is 17.1 Å². The molecule has 0 saturated carbocycles. The molecule has 2 aromatic carbocycles. The van der Waals surface area contributed by atoms with Gasteiger partial charge in [-0.1, -0.05) is 6.08 Å². The second kappa shape index (κ2) is 7.45. The Morgan fingerprint density at radius 3 is 2.33 bits per heavy atom. The van der Waals surface area contributed by atoms with Gasteiger partial charge in [-0.25, -0.2) is 0 Å². The van der Waals surface area contributed by atoms with Crippen LogP contribution in [0.4, 0.5) is 0 Å². The molecule has 6 nitrogen and oxygen atoms in total. The van der Waals surface area contributed by atoms with Gasteiger partial charge in [0.15, 0.2) is 17.3 Å². The number of allylic oxidation sites excluding steroid dienone is 1. The summed E-state index contributed by atoms with van der Waals surface area (Å²) in [6.45, 7) is 1.81. The fraction of sp³-hybridized carbons (Fsp3) is 0.190. The van der Waals surface area contributed by atoms with E-state index >= 15 is 0 Å². The highest BCUT2D eigenvalue weighted by atomic mass is 16.5. The summed E-state index contributed by atoms with van der Waals surface area (Å²) < 4.78 is 21.2. The van der Waals surface area contributed by atoms with Crippen molar-refractivity contribution in [2.24, 2.45) is 0 Å². The number of ether oxygens (including phenoxy) is 3. The number of furan rings is 1. The van der Waals surface area contributed by atoms with Gasteiger partial charge < -0.3 is 23.7 Å². The molecule has 0 radical (unpaired) electrons. The minimum absolute atomic E-state index is 0.0849. The number of methoxy groups -OCH3 is 3. The van der Waals surface area contributed by atoms with Crippen LogP contribution >= 0.6 is 0 Å². The summed E-state index contributed by atoms with van der Waals surface area (Å²) in [4.78, 5) is 12.6. The van der Waals surface area contributed by atoms with E-state index in [1.165, 1.54) is 27.4 Å². The SMILES string of the molecule is COc1cc(/C=C/C(=O)c2ccc3occ(C)c3c2O)cc(OC)c1OC. The molecule has 0 amide bonds. The second-order valence-corrected chi connectivity index (χ2v) is 5.91. The summed E-state index contributed by atoms with van der Waals surface area (Å²) in [5, 5.41) is 11.0. The number of ketones is 1. The van der Waals surface area contributed by atoms with Crippen LogP contribution in [0.15, 0.2) is 41.0 Å². The van der Waals surface area contributed by atoms with E-state index < -0.39 is 0 Å². The number of carbonyl (C=O) groups excluding carboxylic acids is 1. The van der Waals surface area contributed by atoms with Crippen molar-refractivity contribution < 1.29 is 28.5 Å². The average Bonchev–Trinajstić information content (AvgIpc) is 3.07. The molecule has 0 saturated heterocycles. The van der Waals surface area contributed by atoms with Crippen molar-refractivity contribution in [3.05, 3.63) is 53.3 Å². The standard InChI is InChI=1S/C21H20O6/c1-12-11-27-16-8-6-14(20(23)19(12)16)15(22)7-5-13-9-17(24-2)21(26-4)18(10-13)25-3/h5-11,23H,1-4H3/b7-5+. The Balaban J connectivity index is 1.96. The third-order valence-corrected chi connectivity index (χ3v) is 4.28. The Morgan fingerprint density at radius 2 is 1.74 bits per heavy atom. The van der Waals surface area contributed by atoms with E-state index in [0.29, 0.717) is 33.8 Å². The number of carbonyl (C=O) groups is 1. The molecule has 0 spiro atoms. The fourth-order valence-corrected chi connectivity index (χ4v) is 2.92. The quantitative estimate of drug-likeness (QED) is 0.514. The number of benzene rings is 2. The van der Waals surface area contributed by atoms with Crippen molar-refractivity contribution in [2.75, 3.05) is 21.3 Å². The van der Waals surface area contributed by atoms with Crippen LogP contribution in [0.3, 0.4) is 0 Å². The van der Waals surface area contributed by atoms with E-state index in [9.17, 15) is 9.90 Å². The predicted molar refractivity (Wildman–Crippen MR) is 102 cm³/mol. The Kier molecular flexibility index (Phi) is 5.07. The number of fused-ring (bicyclic) bond motifs is 1. The third kappa shape index (κ3) is 3.33. The second-order valence-electron chi connectivity index (χ2n) is 5.91. The van der Waals surface area contributed by atoms with Gasteiger partial charge >= 0.3 is 0 Å². The van der Waals surface area contributed by atoms with E-state index in [0.717, 1.165) is 5.56 Å². The lowest BCUT2D eigenvalue weighted by molar-refractivity contribution is 0.104. The minimum Gasteiger partial charge on any atom is -0.506 e. The third-order valence-electron chi connectivity index (χ3n) is 4.28. The van der Waals surface area contributed by atoms with E-state index in [1.807, 2.05) is 6.92 Å². The maximum Gasteiger partial charge on any atom is 0.203 e. The number of aryl methyl sites for hydroxylation is 1. The monoisotopic (exact) mass is 368 g/mol. The molecule has 6 heteroatoms. The molecule has 0 aliphatic heterocycles. The number of rotatable bonds is 6. The maximum absolute atomic E-state index is 12.6. The lowest BCUT2D eigenvalue weighted by Crippen LogP contribution is -1.97. The number of hydrogen-bond acceptors (Lipinski definition) is 6. The normalized spacial score (nSPS) is 11.1. The van der Waals surface area contributed by atoms with Crippen LogP contribution in [0.25, 0.3) is 17.0 Å². The Labute approximate surface area is 156 Å². The van der Waals surface area contributed by atoms with Gasteiger partial charge in [0.2, 0.25) is 5.75 Å². The predicted octanol–water partition coefficient (Wildman–Crippen LogP) is 4.37. The Hall–Kier alpha value is -3.41. The molecule has 1 aromatic heterocycles. The molecule has 0 aliphatic carbocycles. The smallest absolute Gasteiger partial charge is 0.203 e. The molecule has 1 N–H and O–H groups in total. The zero-order valence-corrected chi connectivity index (χ0v) is 15.5. The van der Waals surface area contributed by atoms with Crippen LogP contribution in [-0.4, -0.2) is 32.2 Å². The van der Waals surface area contributed by atoms with Crippen molar-refractivity contribution in [3.63, 3.8) is 0 Å². The Bertz CT molecular complexity index is 1000. The van der Waals surface area contributed by atoms with Gasteiger partial charge in [-0.2, -0.15) is 0 Å². The van der Waals surface area contributed by atoms with Crippen LogP contribution < -0.4 is 14.2 Å². The zero-order chi connectivity index (χ0) is 19.6. The molecule has 3 rings (SSSR count). The van der Waals surface area contributed by atoms with E-state index in [4.69, 9.17) is 18.6 Å². The van der Waals surface area contributed by atoms with Crippen molar-refractivity contribution in [1.29, 1.82) is 0 Å². The first-order valence-corrected chi connectivity index (χ1v) is 8.22. The summed E-state index contributed by atoms with van der Waals surface area (Å²) in [5.74, 6) is 1.04. The molecule has 1 heterocycles. The van der Waals surface area contributed by atoms with Crippen molar-refractivity contribution in [3.8, 4) is 23.0 Å². The van der Waals surface area contributed by atoms with Crippen molar-refractivity contribution in [1.82, 2.24) is 0 Å². The molecule has 0 bridgehead atoms. The van der Waals surface area contributed by atoms with Crippen LogP contribution in [0.2, 0.25) is 0 Å². The molecule has 27 heavy (non-hydrogen) atoms. The lowest BCUT2D eigenvalue weighted by Gasteiger charge is -2.12. The highest BCUT2D eigenvalue weighted by Gasteiger charge is 2.16. The largest absolute Gasteiger partial charge is 0.506 e.